The zero-order chi connectivity index (χ0) is 27.2. The van der Waals surface area contributed by atoms with Crippen molar-refractivity contribution >= 4 is 37.4 Å². The predicted molar refractivity (Wildman–Crippen MR) is 153 cm³/mol. The van der Waals surface area contributed by atoms with E-state index < -0.39 is 11.7 Å². The Balaban J connectivity index is 1.46. The molecule has 0 spiro atoms. The summed E-state index contributed by atoms with van der Waals surface area (Å²) in [6.07, 6.45) is -3.51. The van der Waals surface area contributed by atoms with E-state index in [-0.39, 0.29) is 0 Å². The first-order valence-electron chi connectivity index (χ1n) is 12.3. The maximum atomic E-state index is 13.2. The number of benzene rings is 4. The van der Waals surface area contributed by atoms with Crippen LogP contribution in [0.2, 0.25) is 0 Å². The van der Waals surface area contributed by atoms with Crippen LogP contribution < -0.4 is 14.2 Å². The molecule has 0 aliphatic heterocycles. The second-order valence-corrected chi connectivity index (χ2v) is 10.6. The van der Waals surface area contributed by atoms with Crippen LogP contribution in [0.1, 0.15) is 17.5 Å². The number of thiophene rings is 1. The molecule has 0 aliphatic carbocycles. The second kappa shape index (κ2) is 12.1. The summed E-state index contributed by atoms with van der Waals surface area (Å²) in [5, 5.41) is 1.71. The quantitative estimate of drug-likeness (QED) is 0.116. The molecule has 4 aromatic carbocycles. The van der Waals surface area contributed by atoms with Crippen LogP contribution in [0, 0.1) is 0 Å². The van der Waals surface area contributed by atoms with Crippen LogP contribution in [0.25, 0.3) is 20.5 Å². The number of hydrogen-bond donors (Lipinski definition) is 0. The molecule has 0 fully saturated rings. The van der Waals surface area contributed by atoms with Crippen LogP contribution in [0.15, 0.2) is 97.1 Å². The molecule has 5 aromatic rings. The third-order valence-corrected chi connectivity index (χ3v) is 7.67. The summed E-state index contributed by atoms with van der Waals surface area (Å²) in [6, 6.07) is 28.1. The van der Waals surface area contributed by atoms with E-state index in [0.29, 0.717) is 36.0 Å². The van der Waals surface area contributed by atoms with Crippen molar-refractivity contribution in [3.8, 4) is 33.4 Å². The Labute approximate surface area is 236 Å². The van der Waals surface area contributed by atoms with Gasteiger partial charge in [-0.05, 0) is 72.1 Å². The van der Waals surface area contributed by atoms with Crippen LogP contribution in [-0.2, 0) is 12.8 Å². The summed E-state index contributed by atoms with van der Waals surface area (Å²) >= 11 is 4.83. The van der Waals surface area contributed by atoms with Gasteiger partial charge in [0.1, 0.15) is 23.9 Å². The molecule has 0 radical (unpaired) electrons. The standard InChI is InChI=1S/C31H24BrF3O3S/c32-17-4-18-36-24-11-13-25(14-12-24)38-29-27-16-15-26(37-20-21-5-2-1-3-6-21)19-28(27)39-30(29)22-7-9-23(10-8-22)31(33,34)35/h1-3,5-16,19H,4,17-18,20H2. The Morgan fingerprint density at radius 1 is 0.744 bits per heavy atom. The predicted octanol–water partition coefficient (Wildman–Crippen LogP) is 10.1. The number of rotatable bonds is 10. The van der Waals surface area contributed by atoms with Crippen molar-refractivity contribution < 1.29 is 27.4 Å². The van der Waals surface area contributed by atoms with Gasteiger partial charge in [-0.3, -0.25) is 0 Å². The van der Waals surface area contributed by atoms with Crippen molar-refractivity contribution in [1.29, 1.82) is 0 Å². The molecule has 0 unspecified atom stereocenters. The molecule has 0 saturated carbocycles. The Bertz CT molecular complexity index is 1520. The van der Waals surface area contributed by atoms with Crippen LogP contribution >= 0.6 is 27.3 Å². The fraction of sp³-hybridized carbons (Fsp3) is 0.161. The van der Waals surface area contributed by atoms with Gasteiger partial charge in [-0.15, -0.1) is 11.3 Å². The highest BCUT2D eigenvalue weighted by atomic mass is 79.9. The molecule has 5 rings (SSSR count). The number of fused-ring (bicyclic) bond motifs is 1. The minimum Gasteiger partial charge on any atom is -0.494 e. The van der Waals surface area contributed by atoms with Gasteiger partial charge in [-0.1, -0.05) is 58.4 Å². The zero-order valence-electron chi connectivity index (χ0n) is 20.7. The highest BCUT2D eigenvalue weighted by Crippen LogP contribution is 2.47. The van der Waals surface area contributed by atoms with E-state index >= 15 is 0 Å². The highest BCUT2D eigenvalue weighted by Gasteiger charge is 2.30. The summed E-state index contributed by atoms with van der Waals surface area (Å²) in [4.78, 5) is 0.733. The van der Waals surface area contributed by atoms with E-state index in [4.69, 9.17) is 14.2 Å². The number of halogens is 4. The van der Waals surface area contributed by atoms with Crippen molar-refractivity contribution in [2.24, 2.45) is 0 Å². The van der Waals surface area contributed by atoms with E-state index in [9.17, 15) is 13.2 Å². The maximum absolute atomic E-state index is 13.2. The van der Waals surface area contributed by atoms with Crippen LogP contribution in [0.3, 0.4) is 0 Å². The average Bonchev–Trinajstić information content (AvgIpc) is 3.30. The first kappa shape index (κ1) is 27.1. The molecule has 0 atom stereocenters. The van der Waals surface area contributed by atoms with Crippen LogP contribution in [0.4, 0.5) is 13.2 Å². The van der Waals surface area contributed by atoms with Gasteiger partial charge in [-0.25, -0.2) is 0 Å². The third kappa shape index (κ3) is 6.75. The monoisotopic (exact) mass is 612 g/mol. The minimum atomic E-state index is -4.40. The third-order valence-electron chi connectivity index (χ3n) is 5.93. The fourth-order valence-electron chi connectivity index (χ4n) is 3.95. The summed E-state index contributed by atoms with van der Waals surface area (Å²) in [6.45, 7) is 1.03. The van der Waals surface area contributed by atoms with Crippen molar-refractivity contribution in [1.82, 2.24) is 0 Å². The summed E-state index contributed by atoms with van der Waals surface area (Å²) in [7, 11) is 0. The van der Waals surface area contributed by atoms with Crippen molar-refractivity contribution in [3.05, 3.63) is 108 Å². The lowest BCUT2D eigenvalue weighted by Gasteiger charge is -2.11. The molecule has 1 aromatic heterocycles. The Hall–Kier alpha value is -3.49. The van der Waals surface area contributed by atoms with E-state index in [1.807, 2.05) is 72.8 Å². The van der Waals surface area contributed by atoms with Gasteiger partial charge in [0.15, 0.2) is 5.75 Å². The second-order valence-electron chi connectivity index (χ2n) is 8.73. The first-order valence-corrected chi connectivity index (χ1v) is 14.2. The Morgan fingerprint density at radius 3 is 2.13 bits per heavy atom. The molecule has 0 aliphatic rings. The Morgan fingerprint density at radius 2 is 1.44 bits per heavy atom. The number of alkyl halides is 4. The van der Waals surface area contributed by atoms with Gasteiger partial charge in [0, 0.05) is 15.4 Å². The molecule has 0 bridgehead atoms. The number of ether oxygens (including phenoxy) is 3. The molecule has 0 N–H and O–H groups in total. The molecule has 3 nitrogen and oxygen atoms in total. The molecule has 0 amide bonds. The lowest BCUT2D eigenvalue weighted by molar-refractivity contribution is -0.137. The topological polar surface area (TPSA) is 27.7 Å². The molecule has 1 heterocycles. The minimum absolute atomic E-state index is 0.427. The molecule has 0 saturated heterocycles. The summed E-state index contributed by atoms with van der Waals surface area (Å²) < 4.78 is 58.5. The SMILES string of the molecule is FC(F)(F)c1ccc(-c2sc3cc(OCc4ccccc4)ccc3c2Oc2ccc(OCCCBr)cc2)cc1. The van der Waals surface area contributed by atoms with E-state index in [1.165, 1.54) is 23.5 Å². The number of hydrogen-bond acceptors (Lipinski definition) is 4. The van der Waals surface area contributed by atoms with Crippen molar-refractivity contribution in [2.75, 3.05) is 11.9 Å². The molecule has 8 heteroatoms. The molecule has 39 heavy (non-hydrogen) atoms. The normalized spacial score (nSPS) is 11.5. The molecular formula is C31H24BrF3O3S. The highest BCUT2D eigenvalue weighted by molar-refractivity contribution is 9.09. The van der Waals surface area contributed by atoms with Gasteiger partial charge >= 0.3 is 6.18 Å². The smallest absolute Gasteiger partial charge is 0.416 e. The average molecular weight is 613 g/mol. The Kier molecular flexibility index (Phi) is 8.43. The lowest BCUT2D eigenvalue weighted by Crippen LogP contribution is -2.03. The van der Waals surface area contributed by atoms with Crippen LogP contribution in [-0.4, -0.2) is 11.9 Å². The van der Waals surface area contributed by atoms with Gasteiger partial charge in [0.05, 0.1) is 17.0 Å². The van der Waals surface area contributed by atoms with Crippen LogP contribution in [0.5, 0.6) is 23.0 Å². The zero-order valence-corrected chi connectivity index (χ0v) is 23.1. The van der Waals surface area contributed by atoms with E-state index in [0.717, 1.165) is 50.2 Å². The van der Waals surface area contributed by atoms with Gasteiger partial charge in [0.25, 0.3) is 0 Å². The lowest BCUT2D eigenvalue weighted by atomic mass is 10.1. The maximum Gasteiger partial charge on any atom is 0.416 e. The molecular weight excluding hydrogens is 589 g/mol. The van der Waals surface area contributed by atoms with Gasteiger partial charge in [-0.2, -0.15) is 13.2 Å². The van der Waals surface area contributed by atoms with Gasteiger partial charge < -0.3 is 14.2 Å². The van der Waals surface area contributed by atoms with Gasteiger partial charge in [0.2, 0.25) is 0 Å². The molecule has 200 valence electrons. The fourth-order valence-corrected chi connectivity index (χ4v) is 5.35. The summed E-state index contributed by atoms with van der Waals surface area (Å²) in [5.41, 5.74) is 1.00. The van der Waals surface area contributed by atoms with Crippen molar-refractivity contribution in [3.63, 3.8) is 0 Å². The van der Waals surface area contributed by atoms with E-state index in [2.05, 4.69) is 15.9 Å². The largest absolute Gasteiger partial charge is 0.494 e. The van der Waals surface area contributed by atoms with Crippen molar-refractivity contribution in [2.45, 2.75) is 19.2 Å². The first-order chi connectivity index (χ1) is 18.9. The summed E-state index contributed by atoms with van der Waals surface area (Å²) in [5.74, 6) is 2.61. The van der Waals surface area contributed by atoms with E-state index in [1.54, 1.807) is 0 Å².